The lowest BCUT2D eigenvalue weighted by atomic mass is 9.86. The van der Waals surface area contributed by atoms with Crippen molar-refractivity contribution < 1.29 is 14.7 Å². The van der Waals surface area contributed by atoms with Crippen LogP contribution in [0.3, 0.4) is 0 Å². The maximum Gasteiger partial charge on any atom is 0.327 e. The normalized spacial score (nSPS) is 25.4. The number of hydrogen-bond donors (Lipinski definition) is 2. The van der Waals surface area contributed by atoms with E-state index in [0.717, 1.165) is 12.8 Å². The van der Waals surface area contributed by atoms with Gasteiger partial charge in [-0.25, -0.2) is 4.79 Å². The lowest BCUT2D eigenvalue weighted by Crippen LogP contribution is -2.55. The minimum atomic E-state index is -0.944. The topological polar surface area (TPSA) is 83.6 Å². The average Bonchev–Trinajstić information content (AvgIpc) is 2.70. The fourth-order valence-corrected chi connectivity index (χ4v) is 3.57. The Morgan fingerprint density at radius 3 is 2.47 bits per heavy atom. The van der Waals surface area contributed by atoms with E-state index >= 15 is 0 Å². The molecule has 0 aromatic heterocycles. The van der Waals surface area contributed by atoms with Gasteiger partial charge in [0.15, 0.2) is 0 Å². The smallest absolute Gasteiger partial charge is 0.327 e. The molecule has 1 rings (SSSR count). The van der Waals surface area contributed by atoms with Crippen LogP contribution in [0.5, 0.6) is 0 Å². The minimum absolute atomic E-state index is 0.0630. The number of nitrogens with two attached hydrogens (primary N) is 1. The van der Waals surface area contributed by atoms with Crippen LogP contribution < -0.4 is 5.73 Å². The molecule has 110 valence electrons. The summed E-state index contributed by atoms with van der Waals surface area (Å²) in [6, 6.07) is -1.42. The largest absolute Gasteiger partial charge is 0.480 e. The number of nitrogens with zero attached hydrogens (tertiary/aromatic N) is 1. The molecule has 0 aromatic rings. The number of rotatable bonds is 4. The Labute approximate surface area is 118 Å². The first-order chi connectivity index (χ1) is 8.70. The molecule has 0 aromatic carbocycles. The van der Waals surface area contributed by atoms with Crippen LogP contribution in [-0.2, 0) is 9.59 Å². The zero-order valence-electron chi connectivity index (χ0n) is 12.0. The Bertz CT molecular complexity index is 354. The molecule has 1 saturated heterocycles. The summed E-state index contributed by atoms with van der Waals surface area (Å²) in [4.78, 5) is 25.3. The van der Waals surface area contributed by atoms with Crippen LogP contribution in [0.15, 0.2) is 0 Å². The standard InChI is InChI=1S/C13H24N2O3S/c1-5-6-9-15(8(7-19-9)12(17)18)11(16)10(14)13(2,3)4/h8-10H,5-7,14H2,1-4H3,(H,17,18)/t8?,9?,10-/m1/s1. The molecule has 6 heteroatoms. The number of thioether (sulfide) groups is 1. The molecule has 1 aliphatic rings. The molecule has 2 unspecified atom stereocenters. The average molecular weight is 288 g/mol. The zero-order chi connectivity index (χ0) is 14.8. The molecule has 0 radical (unpaired) electrons. The van der Waals surface area contributed by atoms with Gasteiger partial charge in [-0.2, -0.15) is 0 Å². The number of hydrogen-bond acceptors (Lipinski definition) is 4. The van der Waals surface area contributed by atoms with Crippen molar-refractivity contribution in [2.45, 2.75) is 58.0 Å². The van der Waals surface area contributed by atoms with Crippen molar-refractivity contribution in [2.24, 2.45) is 11.1 Å². The predicted octanol–water partition coefficient (Wildman–Crippen LogP) is 1.51. The van der Waals surface area contributed by atoms with Gasteiger partial charge in [0.2, 0.25) is 5.91 Å². The van der Waals surface area contributed by atoms with E-state index < -0.39 is 18.1 Å². The number of aliphatic carboxylic acids is 1. The SMILES string of the molecule is CCCC1SCC(C(=O)O)N1C(=O)[C@@H](N)C(C)(C)C. The van der Waals surface area contributed by atoms with Crippen LogP contribution in [0.25, 0.3) is 0 Å². The quantitative estimate of drug-likeness (QED) is 0.819. The number of carboxylic acid groups (broad SMARTS) is 1. The van der Waals surface area contributed by atoms with Crippen LogP contribution in [0.2, 0.25) is 0 Å². The van der Waals surface area contributed by atoms with Crippen molar-refractivity contribution >= 4 is 23.6 Å². The summed E-state index contributed by atoms with van der Waals surface area (Å²) >= 11 is 1.54. The highest BCUT2D eigenvalue weighted by atomic mass is 32.2. The molecule has 5 nitrogen and oxygen atoms in total. The van der Waals surface area contributed by atoms with Gasteiger partial charge in [-0.3, -0.25) is 4.79 Å². The van der Waals surface area contributed by atoms with Gasteiger partial charge in [-0.05, 0) is 11.8 Å². The first-order valence-corrected chi connectivity index (χ1v) is 7.67. The summed E-state index contributed by atoms with van der Waals surface area (Å²) in [6.07, 6.45) is 1.72. The highest BCUT2D eigenvalue weighted by molar-refractivity contribution is 8.00. The van der Waals surface area contributed by atoms with Crippen molar-refractivity contribution in [3.8, 4) is 0 Å². The van der Waals surface area contributed by atoms with Gasteiger partial charge < -0.3 is 15.7 Å². The van der Waals surface area contributed by atoms with Crippen molar-refractivity contribution in [1.29, 1.82) is 0 Å². The van der Waals surface area contributed by atoms with Gasteiger partial charge >= 0.3 is 5.97 Å². The highest BCUT2D eigenvalue weighted by Gasteiger charge is 2.44. The van der Waals surface area contributed by atoms with Gasteiger partial charge in [0, 0.05) is 5.75 Å². The van der Waals surface area contributed by atoms with Gasteiger partial charge in [-0.1, -0.05) is 34.1 Å². The number of carbonyl (C=O) groups excluding carboxylic acids is 1. The Morgan fingerprint density at radius 1 is 1.47 bits per heavy atom. The molecule has 1 heterocycles. The Morgan fingerprint density at radius 2 is 2.05 bits per heavy atom. The number of amides is 1. The third-order valence-electron chi connectivity index (χ3n) is 3.37. The molecule has 1 amide bonds. The Hall–Kier alpha value is -0.750. The third kappa shape index (κ3) is 3.63. The molecule has 0 saturated carbocycles. The van der Waals surface area contributed by atoms with Gasteiger partial charge in [-0.15, -0.1) is 11.8 Å². The molecule has 1 aliphatic heterocycles. The van der Waals surface area contributed by atoms with E-state index in [1.807, 2.05) is 27.7 Å². The molecule has 0 spiro atoms. The Balaban J connectivity index is 2.95. The van der Waals surface area contributed by atoms with E-state index in [9.17, 15) is 14.7 Å². The highest BCUT2D eigenvalue weighted by Crippen LogP contribution is 2.34. The maximum atomic E-state index is 12.5. The van der Waals surface area contributed by atoms with E-state index in [1.165, 1.54) is 16.7 Å². The predicted molar refractivity (Wildman–Crippen MR) is 76.9 cm³/mol. The van der Waals surface area contributed by atoms with Crippen LogP contribution in [0.4, 0.5) is 0 Å². The molecule has 19 heavy (non-hydrogen) atoms. The van der Waals surface area contributed by atoms with Crippen LogP contribution in [-0.4, -0.2) is 45.1 Å². The molecule has 0 aliphatic carbocycles. The summed E-state index contributed by atoms with van der Waals surface area (Å²) in [6.45, 7) is 7.71. The maximum absolute atomic E-state index is 12.5. The third-order valence-corrected chi connectivity index (χ3v) is 4.72. The van der Waals surface area contributed by atoms with E-state index in [-0.39, 0.29) is 16.7 Å². The second-order valence-corrected chi connectivity index (χ2v) is 7.23. The summed E-state index contributed by atoms with van der Waals surface area (Å²) < 4.78 is 0. The summed E-state index contributed by atoms with van der Waals surface area (Å²) in [5.74, 6) is -0.744. The van der Waals surface area contributed by atoms with E-state index in [0.29, 0.717) is 5.75 Å². The molecule has 0 bridgehead atoms. The molecule has 1 fully saturated rings. The summed E-state index contributed by atoms with van der Waals surface area (Å²) in [5, 5.41) is 9.19. The van der Waals surface area contributed by atoms with Gasteiger partial charge in [0.05, 0.1) is 11.4 Å². The zero-order valence-corrected chi connectivity index (χ0v) is 12.9. The second kappa shape index (κ2) is 6.13. The first-order valence-electron chi connectivity index (χ1n) is 6.62. The Kier molecular flexibility index (Phi) is 5.26. The molecular weight excluding hydrogens is 264 g/mol. The van der Waals surface area contributed by atoms with Gasteiger partial charge in [0.25, 0.3) is 0 Å². The van der Waals surface area contributed by atoms with Crippen molar-refractivity contribution in [3.05, 3.63) is 0 Å². The van der Waals surface area contributed by atoms with E-state index in [1.54, 1.807) is 0 Å². The van der Waals surface area contributed by atoms with Crippen molar-refractivity contribution in [1.82, 2.24) is 4.90 Å². The van der Waals surface area contributed by atoms with Crippen LogP contribution in [0.1, 0.15) is 40.5 Å². The van der Waals surface area contributed by atoms with Gasteiger partial charge in [0.1, 0.15) is 6.04 Å². The van der Waals surface area contributed by atoms with Crippen molar-refractivity contribution in [3.63, 3.8) is 0 Å². The van der Waals surface area contributed by atoms with E-state index in [4.69, 9.17) is 5.73 Å². The van der Waals surface area contributed by atoms with Crippen LogP contribution in [0, 0.1) is 5.41 Å². The lowest BCUT2D eigenvalue weighted by molar-refractivity contribution is -0.150. The molecule has 3 N–H and O–H groups in total. The minimum Gasteiger partial charge on any atom is -0.480 e. The number of carboxylic acids is 1. The summed E-state index contributed by atoms with van der Waals surface area (Å²) in [5.41, 5.74) is 5.63. The fraction of sp³-hybridized carbons (Fsp3) is 0.846. The molecular formula is C13H24N2O3S. The monoisotopic (exact) mass is 288 g/mol. The second-order valence-electron chi connectivity index (χ2n) is 6.02. The lowest BCUT2D eigenvalue weighted by Gasteiger charge is -2.34. The molecule has 3 atom stereocenters. The van der Waals surface area contributed by atoms with Crippen molar-refractivity contribution in [2.75, 3.05) is 5.75 Å². The fourth-order valence-electron chi connectivity index (χ4n) is 2.05. The number of carbonyl (C=O) groups is 2. The summed E-state index contributed by atoms with van der Waals surface area (Å²) in [7, 11) is 0. The van der Waals surface area contributed by atoms with Crippen LogP contribution >= 0.6 is 11.8 Å². The van der Waals surface area contributed by atoms with E-state index in [2.05, 4.69) is 0 Å². The first kappa shape index (κ1) is 16.3.